The molecule has 0 saturated carbocycles. The van der Waals surface area contributed by atoms with E-state index in [1.54, 1.807) is 18.2 Å². The summed E-state index contributed by atoms with van der Waals surface area (Å²) in [7, 11) is -3.51. The van der Waals surface area contributed by atoms with Gasteiger partial charge in [0.25, 0.3) is 0 Å². The van der Waals surface area contributed by atoms with Crippen LogP contribution in [0.25, 0.3) is 0 Å². The summed E-state index contributed by atoms with van der Waals surface area (Å²) in [6.45, 7) is 3.37. The van der Waals surface area contributed by atoms with Crippen molar-refractivity contribution in [3.8, 4) is 12.3 Å². The third-order valence-electron chi connectivity index (χ3n) is 1.16. The molecule has 0 aromatic heterocycles. The van der Waals surface area contributed by atoms with E-state index in [9.17, 15) is 4.57 Å². The molecule has 0 aromatic carbocycles. The average Bonchev–Trinajstić information content (AvgIpc) is 2.09. The molecule has 1 atom stereocenters. The predicted molar refractivity (Wildman–Crippen MR) is 53.4 cm³/mol. The van der Waals surface area contributed by atoms with E-state index in [1.807, 2.05) is 0 Å². The Morgan fingerprint density at radius 2 is 2.31 bits per heavy atom. The standard InChI is InChI=1S/C9H13O3P/c1-3-5-6-7-9-13(10,11)12-8-4-2/h2-3,6-7H,1,5,8-9H2,(H,10,11). The summed E-state index contributed by atoms with van der Waals surface area (Å²) in [5.41, 5.74) is 0. The minimum Gasteiger partial charge on any atom is -0.324 e. The average molecular weight is 200 g/mol. The lowest BCUT2D eigenvalue weighted by atomic mass is 10.4. The number of rotatable bonds is 6. The van der Waals surface area contributed by atoms with Gasteiger partial charge >= 0.3 is 7.60 Å². The zero-order valence-corrected chi connectivity index (χ0v) is 8.24. The zero-order chi connectivity index (χ0) is 10.2. The van der Waals surface area contributed by atoms with Gasteiger partial charge in [0, 0.05) is 0 Å². The lowest BCUT2D eigenvalue weighted by molar-refractivity contribution is 0.294. The number of allylic oxidation sites excluding steroid dienone is 3. The maximum atomic E-state index is 11.1. The molecule has 0 heterocycles. The summed E-state index contributed by atoms with van der Waals surface area (Å²) in [5, 5.41) is 0. The number of hydrogen-bond acceptors (Lipinski definition) is 2. The predicted octanol–water partition coefficient (Wildman–Crippen LogP) is 1.95. The van der Waals surface area contributed by atoms with Crippen molar-refractivity contribution in [2.24, 2.45) is 0 Å². The van der Waals surface area contributed by atoms with E-state index in [2.05, 4.69) is 17.0 Å². The van der Waals surface area contributed by atoms with E-state index >= 15 is 0 Å². The molecule has 0 amide bonds. The molecule has 0 aliphatic heterocycles. The summed E-state index contributed by atoms with van der Waals surface area (Å²) >= 11 is 0. The second kappa shape index (κ2) is 6.68. The first-order chi connectivity index (χ1) is 6.12. The molecule has 0 fully saturated rings. The highest BCUT2D eigenvalue weighted by Gasteiger charge is 2.15. The van der Waals surface area contributed by atoms with Crippen LogP contribution in [-0.2, 0) is 9.09 Å². The van der Waals surface area contributed by atoms with Crippen LogP contribution in [0.3, 0.4) is 0 Å². The molecule has 1 N–H and O–H groups in total. The number of terminal acetylenes is 1. The van der Waals surface area contributed by atoms with Gasteiger partial charge in [-0.15, -0.1) is 13.0 Å². The van der Waals surface area contributed by atoms with Crippen molar-refractivity contribution < 1.29 is 14.0 Å². The molecule has 13 heavy (non-hydrogen) atoms. The van der Waals surface area contributed by atoms with Crippen LogP contribution >= 0.6 is 7.60 Å². The molecule has 4 heteroatoms. The summed E-state index contributed by atoms with van der Waals surface area (Å²) in [5.74, 6) is 2.13. The van der Waals surface area contributed by atoms with Crippen molar-refractivity contribution in [2.75, 3.05) is 12.8 Å². The summed E-state index contributed by atoms with van der Waals surface area (Å²) < 4.78 is 15.7. The van der Waals surface area contributed by atoms with Gasteiger partial charge in [-0.2, -0.15) is 0 Å². The summed E-state index contributed by atoms with van der Waals surface area (Å²) in [6.07, 6.45) is 10.6. The van der Waals surface area contributed by atoms with E-state index < -0.39 is 7.60 Å². The van der Waals surface area contributed by atoms with Crippen LogP contribution in [0.5, 0.6) is 0 Å². The van der Waals surface area contributed by atoms with Crippen molar-refractivity contribution in [3.63, 3.8) is 0 Å². The topological polar surface area (TPSA) is 46.5 Å². The van der Waals surface area contributed by atoms with Gasteiger partial charge < -0.3 is 4.89 Å². The summed E-state index contributed by atoms with van der Waals surface area (Å²) in [4.78, 5) is 9.11. The molecule has 0 aromatic rings. The molecule has 0 spiro atoms. The molecular weight excluding hydrogens is 187 g/mol. The highest BCUT2D eigenvalue weighted by atomic mass is 31.2. The highest BCUT2D eigenvalue weighted by molar-refractivity contribution is 7.53. The van der Waals surface area contributed by atoms with Crippen molar-refractivity contribution in [3.05, 3.63) is 24.8 Å². The minimum absolute atomic E-state index is 0.0114. The van der Waals surface area contributed by atoms with Crippen molar-refractivity contribution >= 4 is 7.60 Å². The molecular formula is C9H13O3P. The zero-order valence-electron chi connectivity index (χ0n) is 7.35. The minimum atomic E-state index is -3.51. The largest absolute Gasteiger partial charge is 0.332 e. The van der Waals surface area contributed by atoms with Crippen LogP contribution in [0.4, 0.5) is 0 Å². The fraction of sp³-hybridized carbons (Fsp3) is 0.333. The third-order valence-corrected chi connectivity index (χ3v) is 2.36. The van der Waals surface area contributed by atoms with Gasteiger partial charge in [0.2, 0.25) is 0 Å². The lowest BCUT2D eigenvalue weighted by Gasteiger charge is -2.06. The van der Waals surface area contributed by atoms with E-state index in [1.165, 1.54) is 0 Å². The fourth-order valence-corrected chi connectivity index (χ4v) is 1.39. The normalized spacial score (nSPS) is 15.1. The molecule has 1 unspecified atom stereocenters. The van der Waals surface area contributed by atoms with Gasteiger partial charge in [0.05, 0.1) is 6.16 Å². The summed E-state index contributed by atoms with van der Waals surface area (Å²) in [6, 6.07) is 0. The van der Waals surface area contributed by atoms with Gasteiger partial charge in [-0.3, -0.25) is 9.09 Å². The Kier molecular flexibility index (Phi) is 6.26. The van der Waals surface area contributed by atoms with Crippen molar-refractivity contribution in [2.45, 2.75) is 6.42 Å². The number of hydrogen-bond donors (Lipinski definition) is 1. The molecule has 0 aliphatic rings. The monoisotopic (exact) mass is 200 g/mol. The second-order valence-electron chi connectivity index (χ2n) is 2.29. The van der Waals surface area contributed by atoms with Crippen molar-refractivity contribution in [1.82, 2.24) is 0 Å². The Morgan fingerprint density at radius 1 is 1.62 bits per heavy atom. The first kappa shape index (κ1) is 12.2. The first-order valence-electron chi connectivity index (χ1n) is 3.78. The Morgan fingerprint density at radius 3 is 2.85 bits per heavy atom. The smallest absolute Gasteiger partial charge is 0.324 e. The molecule has 0 saturated heterocycles. The van der Waals surface area contributed by atoms with Crippen LogP contribution in [-0.4, -0.2) is 17.7 Å². The van der Waals surface area contributed by atoms with Crippen LogP contribution < -0.4 is 0 Å². The van der Waals surface area contributed by atoms with Crippen molar-refractivity contribution in [1.29, 1.82) is 0 Å². The third kappa shape index (κ3) is 7.55. The van der Waals surface area contributed by atoms with Gasteiger partial charge in [-0.05, 0) is 6.42 Å². The maximum absolute atomic E-state index is 11.1. The quantitative estimate of drug-likeness (QED) is 0.405. The lowest BCUT2D eigenvalue weighted by Crippen LogP contribution is -1.92. The Balaban J connectivity index is 3.82. The Bertz CT molecular complexity index is 263. The molecule has 0 aliphatic carbocycles. The molecule has 0 rings (SSSR count). The molecule has 0 radical (unpaired) electrons. The van der Waals surface area contributed by atoms with Crippen LogP contribution in [0.1, 0.15) is 6.42 Å². The van der Waals surface area contributed by atoms with Gasteiger partial charge in [0.15, 0.2) is 0 Å². The Labute approximate surface area is 78.6 Å². The maximum Gasteiger partial charge on any atom is 0.332 e. The molecule has 0 bridgehead atoms. The Hall–Kier alpha value is -0.810. The van der Waals surface area contributed by atoms with E-state index in [0.717, 1.165) is 0 Å². The highest BCUT2D eigenvalue weighted by Crippen LogP contribution is 2.41. The van der Waals surface area contributed by atoms with Gasteiger partial charge in [-0.1, -0.05) is 24.1 Å². The van der Waals surface area contributed by atoms with E-state index in [4.69, 9.17) is 11.3 Å². The first-order valence-corrected chi connectivity index (χ1v) is 5.54. The van der Waals surface area contributed by atoms with Gasteiger partial charge in [0.1, 0.15) is 6.61 Å². The van der Waals surface area contributed by atoms with Crippen LogP contribution in [0, 0.1) is 12.3 Å². The van der Waals surface area contributed by atoms with Crippen LogP contribution in [0.15, 0.2) is 24.8 Å². The molecule has 72 valence electrons. The second-order valence-corrected chi connectivity index (χ2v) is 4.19. The molecule has 3 nitrogen and oxygen atoms in total. The van der Waals surface area contributed by atoms with Crippen LogP contribution in [0.2, 0.25) is 0 Å². The SMILES string of the molecule is C#CCOP(=O)(O)CC=CCC=C. The fourth-order valence-electron chi connectivity index (χ4n) is 0.591. The van der Waals surface area contributed by atoms with E-state index in [0.29, 0.717) is 6.42 Å². The van der Waals surface area contributed by atoms with Gasteiger partial charge in [-0.25, -0.2) is 0 Å². The van der Waals surface area contributed by atoms with E-state index in [-0.39, 0.29) is 12.8 Å².